The van der Waals surface area contributed by atoms with Gasteiger partial charge in [-0.2, -0.15) is 11.2 Å². The molecule has 0 aliphatic carbocycles. The predicted molar refractivity (Wildman–Crippen MR) is 243 cm³/mol. The Morgan fingerprint density at radius 3 is 2.08 bits per heavy atom. The number of aromatic nitrogens is 5. The van der Waals surface area contributed by atoms with Crippen molar-refractivity contribution < 1.29 is 25.8 Å². The van der Waals surface area contributed by atoms with Crippen molar-refractivity contribution >= 4 is 21.8 Å². The molecule has 0 aliphatic heterocycles. The molecule has 0 saturated heterocycles. The summed E-state index contributed by atoms with van der Waals surface area (Å²) in [6.45, 7) is 10.8. The Morgan fingerprint density at radius 1 is 0.557 bits per heavy atom. The first-order valence-corrected chi connectivity index (χ1v) is 20.2. The molecule has 0 N–H and O–H groups in total. The first-order chi connectivity index (χ1) is 29.3. The first kappa shape index (κ1) is 39.6. The third-order valence-electron chi connectivity index (χ3n) is 11.4. The van der Waals surface area contributed by atoms with Crippen molar-refractivity contribution in [2.45, 2.75) is 34.6 Å². The molecule has 0 spiro atoms. The average molecular weight is 971 g/mol. The largest absolute Gasteiger partial charge is 2.00 e. The van der Waals surface area contributed by atoms with E-state index in [1.165, 1.54) is 22.3 Å². The van der Waals surface area contributed by atoms with Gasteiger partial charge < -0.3 is 13.9 Å². The van der Waals surface area contributed by atoms with Gasteiger partial charge in [-0.15, -0.1) is 34.2 Å². The second kappa shape index (κ2) is 16.3. The van der Waals surface area contributed by atoms with Gasteiger partial charge in [-0.25, -0.2) is 4.98 Å². The van der Waals surface area contributed by atoms with E-state index in [0.29, 0.717) is 17.3 Å². The van der Waals surface area contributed by atoms with Gasteiger partial charge in [0.05, 0.1) is 5.82 Å². The fourth-order valence-electron chi connectivity index (χ4n) is 8.90. The molecule has 7 aromatic carbocycles. The summed E-state index contributed by atoms with van der Waals surface area (Å²) in [7, 11) is 0. The minimum Gasteiger partial charge on any atom is -0.503 e. The molecule has 0 amide bonds. The van der Waals surface area contributed by atoms with Crippen LogP contribution in [0.1, 0.15) is 27.8 Å². The van der Waals surface area contributed by atoms with Gasteiger partial charge in [0.1, 0.15) is 12.1 Å². The van der Waals surface area contributed by atoms with Crippen LogP contribution in [0.5, 0.6) is 11.5 Å². The van der Waals surface area contributed by atoms with Crippen LogP contribution in [0.25, 0.3) is 78.1 Å². The first-order valence-electron chi connectivity index (χ1n) is 20.2. The molecule has 298 valence electrons. The smallest absolute Gasteiger partial charge is 0.503 e. The van der Waals surface area contributed by atoms with Gasteiger partial charge in [0, 0.05) is 34.5 Å². The third-order valence-corrected chi connectivity index (χ3v) is 11.4. The Hall–Kier alpha value is -6.88. The van der Waals surface area contributed by atoms with Crippen LogP contribution in [-0.4, -0.2) is 24.3 Å². The molecule has 0 bridgehead atoms. The Morgan fingerprint density at radius 2 is 1.28 bits per heavy atom. The van der Waals surface area contributed by atoms with E-state index in [1.54, 1.807) is 6.33 Å². The van der Waals surface area contributed by atoms with Gasteiger partial charge >= 0.3 is 21.1 Å². The Kier molecular flexibility index (Phi) is 10.6. The van der Waals surface area contributed by atoms with Crippen molar-refractivity contribution in [3.05, 3.63) is 198 Å². The van der Waals surface area contributed by atoms with Crippen LogP contribution >= 0.6 is 0 Å². The van der Waals surface area contributed by atoms with Gasteiger partial charge in [-0.3, -0.25) is 0 Å². The van der Waals surface area contributed by atoms with Crippen molar-refractivity contribution in [2.75, 3.05) is 0 Å². The van der Waals surface area contributed by atoms with E-state index < -0.39 is 0 Å². The maximum absolute atomic E-state index is 6.83. The van der Waals surface area contributed by atoms with Crippen molar-refractivity contribution in [2.24, 2.45) is 0 Å². The number of fused-ring (bicyclic) bond motifs is 3. The summed E-state index contributed by atoms with van der Waals surface area (Å²) in [5, 5.41) is 11.3. The third kappa shape index (κ3) is 7.28. The molecular formula is C54H41N5OPt. The number of hydrogen-bond donors (Lipinski definition) is 0. The monoisotopic (exact) mass is 970 g/mol. The normalized spacial score (nSPS) is 11.2. The summed E-state index contributed by atoms with van der Waals surface area (Å²) in [6, 6.07) is 57.8. The Bertz CT molecular complexity index is 3210. The van der Waals surface area contributed by atoms with Crippen molar-refractivity contribution in [3.8, 4) is 67.8 Å². The maximum Gasteiger partial charge on any atom is 2.00 e. The Balaban J connectivity index is 0.00000476. The zero-order valence-electron chi connectivity index (χ0n) is 34.5. The molecule has 61 heavy (non-hydrogen) atoms. The predicted octanol–water partition coefficient (Wildman–Crippen LogP) is 13.4. The number of ether oxygens (including phenoxy) is 1. The fourth-order valence-corrected chi connectivity index (χ4v) is 8.90. The molecule has 7 heteroatoms. The number of benzene rings is 7. The molecule has 3 aromatic heterocycles. The topological polar surface area (TPSA) is 57.8 Å². The van der Waals surface area contributed by atoms with E-state index in [9.17, 15) is 0 Å². The molecule has 0 fully saturated rings. The summed E-state index contributed by atoms with van der Waals surface area (Å²) in [5.41, 5.74) is 16.4. The molecule has 0 atom stereocenters. The number of hydrogen-bond acceptors (Lipinski definition) is 4. The molecule has 0 radical (unpaired) electrons. The molecule has 6 nitrogen and oxygen atoms in total. The number of para-hydroxylation sites is 2. The quantitative estimate of drug-likeness (QED) is 0.142. The molecule has 10 aromatic rings. The van der Waals surface area contributed by atoms with E-state index >= 15 is 0 Å². The van der Waals surface area contributed by atoms with E-state index in [4.69, 9.17) is 9.72 Å². The minimum absolute atomic E-state index is 0. The van der Waals surface area contributed by atoms with Crippen LogP contribution < -0.4 is 4.74 Å². The SMILES string of the molecule is Cc1cc(C)c(-c2ccnc(-n3c4[c-]c(Oc5[c-]c(-c6nncn6-c6ccccc6-c6ccccc6)cc(-c6c(C)cccc6C)c5)ccc4c4ccccc43)c2)c(C)c1.[Pt+2]. The molecule has 0 saturated carbocycles. The molecule has 3 heterocycles. The molecular weight excluding hydrogens is 930 g/mol. The van der Waals surface area contributed by atoms with Crippen LogP contribution in [0.2, 0.25) is 0 Å². The van der Waals surface area contributed by atoms with E-state index in [-0.39, 0.29) is 21.1 Å². The summed E-state index contributed by atoms with van der Waals surface area (Å²) < 4.78 is 11.0. The standard InChI is InChI=1S/C54H41N5O.Pt/c1-34-26-37(4)53(38(5)27-34)40-24-25-55-51(31-40)59-49-21-12-10-19-46(49)47-23-22-43(32-50(47)59)60-44-29-41(52-35(2)14-13-15-36(52)3)28-42(30-44)54-57-56-33-58(54)48-20-11-9-18-45(48)39-16-7-6-8-17-39;/h6-29,31,33H,1-5H3;/q-2;+2. The number of pyridine rings is 1. The van der Waals surface area contributed by atoms with Gasteiger partial charge in [-0.1, -0.05) is 126 Å². The zero-order chi connectivity index (χ0) is 40.9. The van der Waals surface area contributed by atoms with Gasteiger partial charge in [-0.05, 0) is 109 Å². The minimum atomic E-state index is 0. The molecule has 0 unspecified atom stereocenters. The van der Waals surface area contributed by atoms with Crippen molar-refractivity contribution in [3.63, 3.8) is 0 Å². The van der Waals surface area contributed by atoms with Crippen LogP contribution in [0.4, 0.5) is 0 Å². The van der Waals surface area contributed by atoms with E-state index in [0.717, 1.165) is 77.8 Å². The van der Waals surface area contributed by atoms with Gasteiger partial charge in [0.2, 0.25) is 0 Å². The Labute approximate surface area is 370 Å². The number of rotatable bonds is 8. The van der Waals surface area contributed by atoms with Gasteiger partial charge in [0.25, 0.3) is 0 Å². The van der Waals surface area contributed by atoms with Crippen LogP contribution in [0, 0.1) is 46.8 Å². The average Bonchev–Trinajstić information content (AvgIpc) is 3.87. The zero-order valence-corrected chi connectivity index (χ0v) is 36.7. The number of nitrogens with zero attached hydrogens (tertiary/aromatic N) is 5. The fraction of sp³-hybridized carbons (Fsp3) is 0.0926. The van der Waals surface area contributed by atoms with Crippen LogP contribution in [-0.2, 0) is 21.1 Å². The summed E-state index contributed by atoms with van der Waals surface area (Å²) in [4.78, 5) is 4.94. The van der Waals surface area contributed by atoms with Gasteiger partial charge in [0.15, 0.2) is 0 Å². The maximum atomic E-state index is 6.83. The molecule has 10 rings (SSSR count). The van der Waals surface area contributed by atoms with Crippen molar-refractivity contribution in [1.82, 2.24) is 24.3 Å². The summed E-state index contributed by atoms with van der Waals surface area (Å²) in [6.07, 6.45) is 3.67. The second-order valence-corrected chi connectivity index (χ2v) is 15.5. The second-order valence-electron chi connectivity index (χ2n) is 15.5. The van der Waals surface area contributed by atoms with Crippen LogP contribution in [0.3, 0.4) is 0 Å². The molecule has 0 aliphatic rings. The summed E-state index contributed by atoms with van der Waals surface area (Å²) in [5.74, 6) is 2.57. The van der Waals surface area contributed by atoms with Crippen molar-refractivity contribution in [1.29, 1.82) is 0 Å². The van der Waals surface area contributed by atoms with Crippen LogP contribution in [0.15, 0.2) is 158 Å². The summed E-state index contributed by atoms with van der Waals surface area (Å²) >= 11 is 0. The number of aryl methyl sites for hydroxylation is 5. The van der Waals surface area contributed by atoms with E-state index in [1.807, 2.05) is 29.0 Å². The van der Waals surface area contributed by atoms with E-state index in [2.05, 4.69) is 189 Å².